The topological polar surface area (TPSA) is 69.7 Å². The third-order valence-corrected chi connectivity index (χ3v) is 7.32. The van der Waals surface area contributed by atoms with Crippen molar-refractivity contribution in [1.29, 1.82) is 0 Å². The van der Waals surface area contributed by atoms with E-state index in [4.69, 9.17) is 0 Å². The van der Waals surface area contributed by atoms with Crippen molar-refractivity contribution in [3.05, 3.63) is 54.1 Å². The van der Waals surface area contributed by atoms with E-state index in [1.807, 2.05) is 42.2 Å². The highest BCUT2D eigenvalue weighted by molar-refractivity contribution is 7.93. The molecule has 2 unspecified atom stereocenters. The number of hydrogen-bond acceptors (Lipinski definition) is 4. The van der Waals surface area contributed by atoms with Crippen LogP contribution in [0.25, 0.3) is 0 Å². The zero-order valence-corrected chi connectivity index (χ0v) is 16.9. The van der Waals surface area contributed by atoms with Crippen LogP contribution in [0.3, 0.4) is 0 Å². The maximum Gasteiger partial charge on any atom is 0.249 e. The molecule has 2 aromatic carbocycles. The smallest absolute Gasteiger partial charge is 0.249 e. The number of benzene rings is 2. The van der Waals surface area contributed by atoms with Gasteiger partial charge in [0.05, 0.1) is 11.4 Å². The molecule has 0 saturated carbocycles. The number of para-hydroxylation sites is 1. The zero-order chi connectivity index (χ0) is 19.9. The highest BCUT2D eigenvalue weighted by atomic mass is 32.2. The van der Waals surface area contributed by atoms with Gasteiger partial charge in [0.25, 0.3) is 0 Å². The Morgan fingerprint density at radius 2 is 1.86 bits per heavy atom. The Labute approximate surface area is 166 Å². The molecule has 1 amide bonds. The summed E-state index contributed by atoms with van der Waals surface area (Å²) in [5.41, 5.74) is 3.65. The highest BCUT2D eigenvalue weighted by Crippen LogP contribution is 2.32. The standard InChI is InChI=1S/C21H25N3O3S/c1-15-14-17-6-3-4-7-20(17)24(15)21(25)16(2)22-18-8-10-19(11-9-18)23-12-5-13-28(23,26)27/h3-4,6-11,15-16,22H,5,12-14H2,1-2H3. The van der Waals surface area contributed by atoms with E-state index >= 15 is 0 Å². The Bertz CT molecular complexity index is 988. The normalized spacial score (nSPS) is 21.4. The van der Waals surface area contributed by atoms with Crippen molar-refractivity contribution in [3.63, 3.8) is 0 Å². The Morgan fingerprint density at radius 1 is 1.14 bits per heavy atom. The summed E-state index contributed by atoms with van der Waals surface area (Å²) >= 11 is 0. The lowest BCUT2D eigenvalue weighted by Gasteiger charge is -2.27. The maximum atomic E-state index is 13.1. The van der Waals surface area contributed by atoms with E-state index in [1.165, 1.54) is 9.87 Å². The fraction of sp³-hybridized carbons (Fsp3) is 0.381. The molecule has 0 aromatic heterocycles. The van der Waals surface area contributed by atoms with E-state index in [-0.39, 0.29) is 17.7 Å². The number of amides is 1. The summed E-state index contributed by atoms with van der Waals surface area (Å²) in [6.07, 6.45) is 1.52. The van der Waals surface area contributed by atoms with E-state index < -0.39 is 16.1 Å². The Balaban J connectivity index is 1.47. The minimum atomic E-state index is -3.18. The average Bonchev–Trinajstić information content (AvgIpc) is 3.19. The van der Waals surface area contributed by atoms with Crippen LogP contribution in [-0.2, 0) is 21.2 Å². The van der Waals surface area contributed by atoms with Gasteiger partial charge in [-0.15, -0.1) is 0 Å². The summed E-state index contributed by atoms with van der Waals surface area (Å²) in [4.78, 5) is 14.9. The van der Waals surface area contributed by atoms with Gasteiger partial charge in [0.15, 0.2) is 0 Å². The summed E-state index contributed by atoms with van der Waals surface area (Å²) in [5, 5.41) is 3.25. The maximum absolute atomic E-state index is 13.1. The Hall–Kier alpha value is -2.54. The molecule has 148 valence electrons. The van der Waals surface area contributed by atoms with Crippen molar-refractivity contribution in [1.82, 2.24) is 0 Å². The van der Waals surface area contributed by atoms with Gasteiger partial charge < -0.3 is 10.2 Å². The number of carbonyl (C=O) groups is 1. The fourth-order valence-electron chi connectivity index (χ4n) is 4.08. The first-order valence-corrected chi connectivity index (χ1v) is 11.3. The second-order valence-electron chi connectivity index (χ2n) is 7.54. The number of rotatable bonds is 4. The molecule has 2 heterocycles. The van der Waals surface area contributed by atoms with Gasteiger partial charge in [-0.05, 0) is 62.6 Å². The van der Waals surface area contributed by atoms with Crippen LogP contribution in [0.15, 0.2) is 48.5 Å². The lowest BCUT2D eigenvalue weighted by Crippen LogP contribution is -2.44. The van der Waals surface area contributed by atoms with Gasteiger partial charge in [-0.1, -0.05) is 18.2 Å². The van der Waals surface area contributed by atoms with Gasteiger partial charge in [-0.25, -0.2) is 8.42 Å². The van der Waals surface area contributed by atoms with Crippen molar-refractivity contribution in [2.75, 3.05) is 26.8 Å². The lowest BCUT2D eigenvalue weighted by molar-refractivity contribution is -0.119. The van der Waals surface area contributed by atoms with Gasteiger partial charge in [-0.2, -0.15) is 0 Å². The van der Waals surface area contributed by atoms with Crippen LogP contribution >= 0.6 is 0 Å². The van der Waals surface area contributed by atoms with Gasteiger partial charge in [0.1, 0.15) is 6.04 Å². The molecule has 0 aliphatic carbocycles. The number of anilines is 3. The van der Waals surface area contributed by atoms with Crippen LogP contribution < -0.4 is 14.5 Å². The molecule has 1 fully saturated rings. The summed E-state index contributed by atoms with van der Waals surface area (Å²) in [7, 11) is -3.18. The molecular formula is C21H25N3O3S. The predicted octanol–water partition coefficient (Wildman–Crippen LogP) is 3.00. The number of fused-ring (bicyclic) bond motifs is 1. The minimum Gasteiger partial charge on any atom is -0.374 e. The minimum absolute atomic E-state index is 0.0312. The van der Waals surface area contributed by atoms with E-state index in [9.17, 15) is 13.2 Å². The first kappa shape index (κ1) is 18.8. The molecule has 0 radical (unpaired) electrons. The zero-order valence-electron chi connectivity index (χ0n) is 16.1. The van der Waals surface area contributed by atoms with Crippen molar-refractivity contribution < 1.29 is 13.2 Å². The van der Waals surface area contributed by atoms with Crippen LogP contribution in [0, 0.1) is 0 Å². The molecule has 2 aliphatic heterocycles. The summed E-state index contributed by atoms with van der Waals surface area (Å²) in [5.74, 6) is 0.234. The van der Waals surface area contributed by atoms with E-state index in [0.717, 1.165) is 17.8 Å². The molecule has 2 aliphatic rings. The monoisotopic (exact) mass is 399 g/mol. The average molecular weight is 400 g/mol. The van der Waals surface area contributed by atoms with Gasteiger partial charge in [-0.3, -0.25) is 9.10 Å². The van der Waals surface area contributed by atoms with E-state index in [0.29, 0.717) is 18.7 Å². The molecule has 1 N–H and O–H groups in total. The van der Waals surface area contributed by atoms with E-state index in [2.05, 4.69) is 18.3 Å². The molecule has 6 nitrogen and oxygen atoms in total. The molecule has 0 spiro atoms. The summed E-state index contributed by atoms with van der Waals surface area (Å²) in [6, 6.07) is 15.0. The summed E-state index contributed by atoms with van der Waals surface area (Å²) in [6.45, 7) is 4.45. The molecule has 0 bridgehead atoms. The molecular weight excluding hydrogens is 374 g/mol. The molecule has 2 atom stereocenters. The Morgan fingerprint density at radius 3 is 2.54 bits per heavy atom. The molecule has 7 heteroatoms. The number of nitrogens with zero attached hydrogens (tertiary/aromatic N) is 2. The van der Waals surface area contributed by atoms with Crippen LogP contribution in [0.2, 0.25) is 0 Å². The van der Waals surface area contributed by atoms with Crippen molar-refractivity contribution in [3.8, 4) is 0 Å². The number of carbonyl (C=O) groups excluding carboxylic acids is 1. The van der Waals surface area contributed by atoms with Crippen LogP contribution in [0.1, 0.15) is 25.8 Å². The van der Waals surface area contributed by atoms with Gasteiger partial charge >= 0.3 is 0 Å². The third kappa shape index (κ3) is 3.35. The predicted molar refractivity (Wildman–Crippen MR) is 112 cm³/mol. The van der Waals surface area contributed by atoms with Crippen LogP contribution in [0.5, 0.6) is 0 Å². The number of hydrogen-bond donors (Lipinski definition) is 1. The lowest BCUT2D eigenvalue weighted by atomic mass is 10.1. The second kappa shape index (κ2) is 7.13. The quantitative estimate of drug-likeness (QED) is 0.858. The van der Waals surface area contributed by atoms with Gasteiger partial charge in [0, 0.05) is 24.0 Å². The second-order valence-corrected chi connectivity index (χ2v) is 9.56. The first-order chi connectivity index (χ1) is 13.4. The number of sulfonamides is 1. The van der Waals surface area contributed by atoms with Crippen molar-refractivity contribution in [2.45, 2.75) is 38.8 Å². The van der Waals surface area contributed by atoms with Crippen molar-refractivity contribution >= 4 is 33.0 Å². The Kier molecular flexibility index (Phi) is 4.79. The van der Waals surface area contributed by atoms with E-state index in [1.54, 1.807) is 12.1 Å². The van der Waals surface area contributed by atoms with Gasteiger partial charge in [0.2, 0.25) is 15.9 Å². The first-order valence-electron chi connectivity index (χ1n) is 9.65. The summed E-state index contributed by atoms with van der Waals surface area (Å²) < 4.78 is 25.6. The molecule has 28 heavy (non-hydrogen) atoms. The fourth-order valence-corrected chi connectivity index (χ4v) is 5.64. The largest absolute Gasteiger partial charge is 0.374 e. The molecule has 2 aromatic rings. The van der Waals surface area contributed by atoms with Crippen LogP contribution in [0.4, 0.5) is 17.1 Å². The third-order valence-electron chi connectivity index (χ3n) is 5.45. The molecule has 1 saturated heterocycles. The van der Waals surface area contributed by atoms with Crippen molar-refractivity contribution in [2.24, 2.45) is 0 Å². The molecule has 4 rings (SSSR count). The van der Waals surface area contributed by atoms with Crippen LogP contribution in [-0.4, -0.2) is 38.7 Å². The highest BCUT2D eigenvalue weighted by Gasteiger charge is 2.33. The number of nitrogens with one attached hydrogen (secondary N) is 1. The SMILES string of the molecule is CC(Nc1ccc(N2CCCS2(=O)=O)cc1)C(=O)N1c2ccccc2CC1C.